The molecular formula is C10H12BrNOS. The maximum atomic E-state index is 10.8. The second-order valence-corrected chi connectivity index (χ2v) is 4.38. The van der Waals surface area contributed by atoms with Crippen molar-refractivity contribution in [3.63, 3.8) is 0 Å². The first-order valence-electron chi connectivity index (χ1n) is 4.28. The molecule has 4 heteroatoms. The molecule has 0 aliphatic rings. The van der Waals surface area contributed by atoms with Gasteiger partial charge in [0, 0.05) is 18.1 Å². The third-order valence-electron chi connectivity index (χ3n) is 1.95. The van der Waals surface area contributed by atoms with E-state index in [1.54, 1.807) is 11.9 Å². The molecule has 0 unspecified atom stereocenters. The summed E-state index contributed by atoms with van der Waals surface area (Å²) in [6.07, 6.45) is 0.849. The molecule has 0 radical (unpaired) electrons. The van der Waals surface area contributed by atoms with Crippen LogP contribution in [0.3, 0.4) is 0 Å². The van der Waals surface area contributed by atoms with Gasteiger partial charge in [0.15, 0.2) is 0 Å². The monoisotopic (exact) mass is 273 g/mol. The number of amides is 1. The molecule has 0 saturated carbocycles. The topological polar surface area (TPSA) is 20.3 Å². The van der Waals surface area contributed by atoms with E-state index in [2.05, 4.69) is 34.6 Å². The van der Waals surface area contributed by atoms with Crippen molar-refractivity contribution in [3.8, 4) is 0 Å². The van der Waals surface area contributed by atoms with Gasteiger partial charge in [-0.3, -0.25) is 4.79 Å². The normalized spacial score (nSPS) is 9.93. The lowest BCUT2D eigenvalue weighted by molar-refractivity contribution is 0.234. The minimum atomic E-state index is -0.194. The predicted octanol–water partition coefficient (Wildman–Crippen LogP) is 2.97. The Morgan fingerprint density at radius 2 is 2.29 bits per heavy atom. The van der Waals surface area contributed by atoms with E-state index in [4.69, 9.17) is 0 Å². The molecule has 1 rings (SSSR count). The van der Waals surface area contributed by atoms with Crippen LogP contribution in [-0.2, 0) is 6.42 Å². The second kappa shape index (κ2) is 5.41. The van der Waals surface area contributed by atoms with Crippen LogP contribution in [0.2, 0.25) is 0 Å². The van der Waals surface area contributed by atoms with Crippen molar-refractivity contribution in [2.24, 2.45) is 0 Å². The number of benzene rings is 1. The molecule has 0 aromatic heterocycles. The van der Waals surface area contributed by atoms with Crippen LogP contribution in [0, 0.1) is 0 Å². The number of nitrogens with zero attached hydrogens (tertiary/aromatic N) is 1. The Balaban J connectivity index is 2.49. The van der Waals surface area contributed by atoms with Gasteiger partial charge in [0.1, 0.15) is 0 Å². The first-order valence-corrected chi connectivity index (χ1v) is 5.52. The minimum Gasteiger partial charge on any atom is -0.337 e. The smallest absolute Gasteiger partial charge is 0.278 e. The molecule has 0 bridgehead atoms. The summed E-state index contributed by atoms with van der Waals surface area (Å²) in [6.45, 7) is 0.693. The molecular weight excluding hydrogens is 262 g/mol. The van der Waals surface area contributed by atoms with Crippen molar-refractivity contribution >= 4 is 33.8 Å². The first-order chi connectivity index (χ1) is 6.59. The Hall–Kier alpha value is -0.480. The van der Waals surface area contributed by atoms with Crippen LogP contribution in [0.15, 0.2) is 28.7 Å². The predicted molar refractivity (Wildman–Crippen MR) is 64.9 cm³/mol. The molecule has 0 saturated heterocycles. The molecule has 0 spiro atoms. The van der Waals surface area contributed by atoms with Gasteiger partial charge in [0.25, 0.3) is 5.24 Å². The maximum Gasteiger partial charge on any atom is 0.278 e. The molecule has 0 fully saturated rings. The van der Waals surface area contributed by atoms with Gasteiger partial charge in [0.2, 0.25) is 0 Å². The summed E-state index contributed by atoms with van der Waals surface area (Å²) in [5.74, 6) is 0. The van der Waals surface area contributed by atoms with Crippen molar-refractivity contribution in [3.05, 3.63) is 34.3 Å². The van der Waals surface area contributed by atoms with Crippen LogP contribution in [0.1, 0.15) is 5.56 Å². The lowest BCUT2D eigenvalue weighted by Crippen LogP contribution is -2.23. The fourth-order valence-corrected chi connectivity index (χ4v) is 1.63. The summed E-state index contributed by atoms with van der Waals surface area (Å²) in [7, 11) is 1.74. The van der Waals surface area contributed by atoms with E-state index < -0.39 is 0 Å². The van der Waals surface area contributed by atoms with Gasteiger partial charge in [-0.05, 0) is 24.1 Å². The molecule has 0 aliphatic carbocycles. The lowest BCUT2D eigenvalue weighted by Gasteiger charge is -2.13. The largest absolute Gasteiger partial charge is 0.337 e. The summed E-state index contributed by atoms with van der Waals surface area (Å²) in [5.41, 5.74) is 1.21. The van der Waals surface area contributed by atoms with Crippen LogP contribution < -0.4 is 0 Å². The summed E-state index contributed by atoms with van der Waals surface area (Å²) >= 11 is 7.14. The molecule has 0 aliphatic heterocycles. The van der Waals surface area contributed by atoms with Gasteiger partial charge in [-0.1, -0.05) is 40.7 Å². The molecule has 0 N–H and O–H groups in total. The maximum absolute atomic E-state index is 10.8. The van der Waals surface area contributed by atoms with Gasteiger partial charge >= 0.3 is 0 Å². The number of halogens is 1. The summed E-state index contributed by atoms with van der Waals surface area (Å²) < 4.78 is 1.06. The van der Waals surface area contributed by atoms with Crippen LogP contribution >= 0.6 is 28.6 Å². The summed E-state index contributed by atoms with van der Waals surface area (Å²) in [5, 5.41) is -0.194. The van der Waals surface area contributed by atoms with E-state index in [0.717, 1.165) is 10.9 Å². The Bertz CT molecular complexity index is 330. The van der Waals surface area contributed by atoms with E-state index in [9.17, 15) is 4.79 Å². The SMILES string of the molecule is CN(CCc1cccc(Br)c1)C(=O)S. The number of thiol groups is 1. The highest BCUT2D eigenvalue weighted by Crippen LogP contribution is 2.12. The molecule has 1 aromatic rings. The molecule has 76 valence electrons. The van der Waals surface area contributed by atoms with Gasteiger partial charge < -0.3 is 4.90 Å². The van der Waals surface area contributed by atoms with Crippen LogP contribution in [0.4, 0.5) is 4.79 Å². The van der Waals surface area contributed by atoms with Crippen molar-refractivity contribution < 1.29 is 4.79 Å². The van der Waals surface area contributed by atoms with Gasteiger partial charge in [-0.15, -0.1) is 0 Å². The zero-order valence-corrected chi connectivity index (χ0v) is 10.4. The summed E-state index contributed by atoms with van der Waals surface area (Å²) in [4.78, 5) is 12.4. The Kier molecular flexibility index (Phi) is 4.48. The minimum absolute atomic E-state index is 0.194. The number of likely N-dealkylation sites (N-methyl/N-ethyl adjacent to an activating group) is 1. The fraction of sp³-hybridized carbons (Fsp3) is 0.300. The zero-order valence-electron chi connectivity index (χ0n) is 7.90. The van der Waals surface area contributed by atoms with E-state index in [1.807, 2.05) is 18.2 Å². The molecule has 0 atom stereocenters. The highest BCUT2D eigenvalue weighted by atomic mass is 79.9. The molecule has 2 nitrogen and oxygen atoms in total. The highest BCUT2D eigenvalue weighted by Gasteiger charge is 2.02. The van der Waals surface area contributed by atoms with E-state index in [1.165, 1.54) is 5.56 Å². The Morgan fingerprint density at radius 1 is 1.57 bits per heavy atom. The number of carbonyl (C=O) groups is 1. The fourth-order valence-electron chi connectivity index (χ4n) is 1.08. The van der Waals surface area contributed by atoms with Crippen molar-refractivity contribution in [1.82, 2.24) is 4.90 Å². The zero-order chi connectivity index (χ0) is 10.6. The molecule has 1 aromatic carbocycles. The number of rotatable bonds is 3. The van der Waals surface area contributed by atoms with E-state index in [0.29, 0.717) is 6.54 Å². The van der Waals surface area contributed by atoms with E-state index in [-0.39, 0.29) is 5.24 Å². The second-order valence-electron chi connectivity index (χ2n) is 3.08. The molecule has 14 heavy (non-hydrogen) atoms. The average molecular weight is 274 g/mol. The number of hydrogen-bond donors (Lipinski definition) is 1. The Labute approximate surface area is 97.8 Å². The Morgan fingerprint density at radius 3 is 2.86 bits per heavy atom. The molecule has 0 heterocycles. The van der Waals surface area contributed by atoms with Crippen molar-refractivity contribution in [2.45, 2.75) is 6.42 Å². The third-order valence-corrected chi connectivity index (χ3v) is 2.79. The molecule has 1 amide bonds. The van der Waals surface area contributed by atoms with Crippen molar-refractivity contribution in [2.75, 3.05) is 13.6 Å². The number of hydrogen-bond acceptors (Lipinski definition) is 1. The van der Waals surface area contributed by atoms with Gasteiger partial charge in [-0.2, -0.15) is 0 Å². The van der Waals surface area contributed by atoms with Crippen LogP contribution in [0.25, 0.3) is 0 Å². The van der Waals surface area contributed by atoms with Crippen LogP contribution in [0.5, 0.6) is 0 Å². The average Bonchev–Trinajstić information content (AvgIpc) is 2.14. The van der Waals surface area contributed by atoms with Crippen LogP contribution in [-0.4, -0.2) is 23.7 Å². The van der Waals surface area contributed by atoms with E-state index >= 15 is 0 Å². The first kappa shape index (κ1) is 11.6. The third kappa shape index (κ3) is 3.72. The van der Waals surface area contributed by atoms with Crippen molar-refractivity contribution in [1.29, 1.82) is 0 Å². The standard InChI is InChI=1S/C10H12BrNOS/c1-12(10(13)14)6-5-8-3-2-4-9(11)7-8/h2-4,7H,5-6H2,1H3,(H,13,14). The highest BCUT2D eigenvalue weighted by molar-refractivity contribution is 9.10. The quantitative estimate of drug-likeness (QED) is 0.840. The number of carbonyl (C=O) groups excluding carboxylic acids is 1. The summed E-state index contributed by atoms with van der Waals surface area (Å²) in [6, 6.07) is 8.07. The lowest BCUT2D eigenvalue weighted by atomic mass is 10.1. The van der Waals surface area contributed by atoms with Gasteiger partial charge in [0.05, 0.1) is 0 Å². The van der Waals surface area contributed by atoms with Gasteiger partial charge in [-0.25, -0.2) is 0 Å².